The van der Waals surface area contributed by atoms with Crippen LogP contribution in [0.4, 0.5) is 0 Å². The van der Waals surface area contributed by atoms with Crippen LogP contribution in [-0.4, -0.2) is 134 Å². The lowest BCUT2D eigenvalue weighted by Crippen LogP contribution is -2.68. The fourth-order valence-corrected chi connectivity index (χ4v) is 19.6. The minimum absolute atomic E-state index is 0.0536. The van der Waals surface area contributed by atoms with Gasteiger partial charge in [-0.3, -0.25) is 32.7 Å². The monoisotopic (exact) mass is 1920 g/mol. The topological polar surface area (TPSA) is 259 Å². The van der Waals surface area contributed by atoms with E-state index in [1.807, 2.05) is 176 Å². The second kappa shape index (κ2) is 69.5. The summed E-state index contributed by atoms with van der Waals surface area (Å²) in [6, 6.07) is 53.3. The molecule has 0 aliphatic carbocycles. The zero-order valence-electron chi connectivity index (χ0n) is 83.4. The number of fused-ring (bicyclic) bond motifs is 1. The molecule has 2 saturated heterocycles. The fourth-order valence-electron chi connectivity index (χ4n) is 18.2. The number of esters is 2. The van der Waals surface area contributed by atoms with E-state index >= 15 is 23.7 Å². The number of phosphoric acid groups is 1. The predicted octanol–water partition coefficient (Wildman–Crippen LogP) is 25.9. The van der Waals surface area contributed by atoms with E-state index in [0.29, 0.717) is 36.8 Å². The highest BCUT2D eigenvalue weighted by Gasteiger charge is 2.55. The van der Waals surface area contributed by atoms with E-state index in [0.717, 1.165) is 143 Å². The number of aliphatic hydroxyl groups excluding tert-OH is 1. The molecule has 137 heavy (non-hydrogen) atoms. The number of hydrogen-bond donors (Lipinski definition) is 3. The molecule has 6 aromatic carbocycles. The number of amides is 2. The van der Waals surface area contributed by atoms with Crippen LogP contribution in [-0.2, 0) is 136 Å². The van der Waals surface area contributed by atoms with Gasteiger partial charge in [0, 0.05) is 0 Å². The summed E-state index contributed by atoms with van der Waals surface area (Å²) < 4.78 is 110. The standard InChI is InChI=1S/C114H169N2O20P/c1-6-11-15-19-23-27-31-35-54-72-97(125-82-91-62-46-40-47-63-91)77-103(117)115-107-111(134-105(119)79-99(127-84-93-66-50-42-51-67-93)74-56-37-33-29-25-21-17-13-8-3)109(121)101(132-113(107)124-76-10-5)89-129-114-108(116-104(118)78-98(126-83-92-64-48-41-49-65-92)73-55-36-32-28-24-20-16-12-7-2)112(135-106(120)80-100(128-85-94-68-52-43-53-69-94)75-57-38-34-30-26-22-18-14-9-4)110(102(133-114)88-123-81-90-60-44-39-45-61-90)136-137(122)130-86-95-70-58-59-71-96(95)87-131-137/h10,39-53,58-71,97-102,107-114,121H,5-9,11-38,54-57,72-89H2,1-4H3,(H,115,117)(H,116,118)/t97-,98-,99-,100-,101-,102-,107-,108-,109-,110-,111-,112-,113+,114-/m1/s1/i114+1. The maximum absolute atomic E-state index is 15.9. The molecule has 0 aromatic heterocycles. The van der Waals surface area contributed by atoms with Gasteiger partial charge in [0.1, 0.15) is 36.5 Å². The SMILES string of the molecule is C=CCO[C@H]1O[C@H](CO[13C@@H]2O[C@H](COCc3ccccc3)[C@@H](OP3(=O)OCc4ccccc4CO3)[C@H](OC(=O)C[C@@H](CCCCCCCCCCC)OCc3ccccc3)[C@H]2NC(=O)C[C@@H](CCCCCCCCCCC)OCc2ccccc2)[C@@H](O)[C@H](OC(=O)C[C@@H](CCCCCCCCCCC)OCc2ccccc2)[C@H]1NC(=O)C[C@@H](CCCCCCCCCCC)OCc1ccccc1. The van der Waals surface area contributed by atoms with Gasteiger partial charge in [-0.15, -0.1) is 6.58 Å². The van der Waals surface area contributed by atoms with Crippen LogP contribution in [0.5, 0.6) is 0 Å². The summed E-state index contributed by atoms with van der Waals surface area (Å²) in [4.78, 5) is 62.5. The number of carbonyl (C=O) groups is 4. The molecular formula is C114H169N2O20P. The molecule has 3 aliphatic heterocycles. The Kier molecular flexibility index (Phi) is 57.5. The predicted molar refractivity (Wildman–Crippen MR) is 540 cm³/mol. The van der Waals surface area contributed by atoms with E-state index in [9.17, 15) is 5.11 Å². The third kappa shape index (κ3) is 46.1. The lowest BCUT2D eigenvalue weighted by molar-refractivity contribution is -0.304. The second-order valence-electron chi connectivity index (χ2n) is 37.9. The maximum Gasteiger partial charge on any atom is 0.475 e. The molecule has 760 valence electrons. The minimum atomic E-state index is -4.75. The highest BCUT2D eigenvalue weighted by molar-refractivity contribution is 7.48. The molecule has 22 nitrogen and oxygen atoms in total. The van der Waals surface area contributed by atoms with E-state index in [2.05, 4.69) is 44.9 Å². The Balaban J connectivity index is 1.11. The van der Waals surface area contributed by atoms with Crippen molar-refractivity contribution in [3.8, 4) is 0 Å². The van der Waals surface area contributed by atoms with Gasteiger partial charge in [0.15, 0.2) is 24.8 Å². The molecule has 2 amide bonds. The number of aliphatic hydroxyl groups is 1. The maximum atomic E-state index is 15.9. The van der Waals surface area contributed by atoms with E-state index in [1.165, 1.54) is 122 Å². The summed E-state index contributed by atoms with van der Waals surface area (Å²) in [6.07, 6.45) is 27.4. The Bertz CT molecular complexity index is 4150. The van der Waals surface area contributed by atoms with Gasteiger partial charge in [-0.1, -0.05) is 441 Å². The van der Waals surface area contributed by atoms with Crippen LogP contribution in [0.1, 0.15) is 349 Å². The van der Waals surface area contributed by atoms with Gasteiger partial charge < -0.3 is 67.8 Å². The smallest absolute Gasteiger partial charge is 0.457 e. The molecule has 6 aromatic rings. The lowest BCUT2D eigenvalue weighted by atomic mass is 9.95. The van der Waals surface area contributed by atoms with Crippen molar-refractivity contribution in [3.63, 3.8) is 0 Å². The van der Waals surface area contributed by atoms with Crippen LogP contribution in [0.3, 0.4) is 0 Å². The molecule has 14 atom stereocenters. The third-order valence-corrected chi connectivity index (χ3v) is 27.7. The Morgan fingerprint density at radius 3 is 1.02 bits per heavy atom. The largest absolute Gasteiger partial charge is 0.475 e. The third-order valence-electron chi connectivity index (χ3n) is 26.3. The first kappa shape index (κ1) is 113. The number of ether oxygens (including phenoxy) is 11. The lowest BCUT2D eigenvalue weighted by Gasteiger charge is -2.47. The normalized spacial score (nSPS) is 20.1. The summed E-state index contributed by atoms with van der Waals surface area (Å²) in [5.74, 6) is -2.45. The van der Waals surface area contributed by atoms with Gasteiger partial charge in [-0.25, -0.2) is 4.57 Å². The van der Waals surface area contributed by atoms with Crippen molar-refractivity contribution >= 4 is 31.6 Å². The molecule has 0 saturated carbocycles. The average molecular weight is 1920 g/mol. The summed E-state index contributed by atoms with van der Waals surface area (Å²) in [7, 11) is -4.75. The first-order chi connectivity index (χ1) is 67.2. The number of phosphoric ester groups is 1. The van der Waals surface area contributed by atoms with Crippen molar-refractivity contribution < 1.29 is 94.5 Å². The second-order valence-corrected chi connectivity index (χ2v) is 39.5. The van der Waals surface area contributed by atoms with Crippen molar-refractivity contribution in [2.24, 2.45) is 0 Å². The number of unbranched alkanes of at least 4 members (excludes halogenated alkanes) is 32. The van der Waals surface area contributed by atoms with Crippen molar-refractivity contribution in [3.05, 3.63) is 228 Å². The molecule has 0 spiro atoms. The van der Waals surface area contributed by atoms with Crippen LogP contribution in [0.2, 0.25) is 0 Å². The van der Waals surface area contributed by atoms with E-state index in [-0.39, 0.29) is 85.1 Å². The van der Waals surface area contributed by atoms with Gasteiger partial charge in [0.2, 0.25) is 11.8 Å². The Hall–Kier alpha value is -7.35. The van der Waals surface area contributed by atoms with Crippen molar-refractivity contribution in [2.75, 3.05) is 19.8 Å². The zero-order chi connectivity index (χ0) is 96.6. The number of benzene rings is 6. The number of rotatable bonds is 76. The van der Waals surface area contributed by atoms with Crippen LogP contribution in [0.25, 0.3) is 0 Å². The molecule has 3 aliphatic rings. The van der Waals surface area contributed by atoms with Gasteiger partial charge >= 0.3 is 19.8 Å². The van der Waals surface area contributed by atoms with Crippen LogP contribution in [0.15, 0.2) is 189 Å². The van der Waals surface area contributed by atoms with E-state index < -0.39 is 124 Å². The highest BCUT2D eigenvalue weighted by Crippen LogP contribution is 2.55. The Morgan fingerprint density at radius 1 is 0.372 bits per heavy atom. The summed E-state index contributed by atoms with van der Waals surface area (Å²) >= 11 is 0. The molecule has 23 heteroatoms. The van der Waals surface area contributed by atoms with Gasteiger partial charge in [-0.05, 0) is 64.6 Å². The summed E-state index contributed by atoms with van der Waals surface area (Å²) in [6.45, 7) is 12.5. The average Bonchev–Trinajstić information content (AvgIpc) is 1.63. The van der Waals surface area contributed by atoms with E-state index in [4.69, 9.17) is 65.7 Å². The molecule has 0 bridgehead atoms. The minimum Gasteiger partial charge on any atom is -0.457 e. The fraction of sp³-hybridized carbons (Fsp3) is 0.632. The molecule has 3 N–H and O–H groups in total. The van der Waals surface area contributed by atoms with Crippen molar-refractivity contribution in [2.45, 2.75) is 442 Å². The van der Waals surface area contributed by atoms with Crippen molar-refractivity contribution in [1.29, 1.82) is 0 Å². The molecule has 0 unspecified atom stereocenters. The molecule has 3 heterocycles. The zero-order valence-corrected chi connectivity index (χ0v) is 84.3. The van der Waals surface area contributed by atoms with Gasteiger partial charge in [0.05, 0.1) is 116 Å². The number of carbonyl (C=O) groups excluding carboxylic acids is 4. The molecular weight excluding hydrogens is 1750 g/mol. The van der Waals surface area contributed by atoms with E-state index in [1.54, 1.807) is 0 Å². The Labute approximate surface area is 821 Å². The van der Waals surface area contributed by atoms with Gasteiger partial charge in [-0.2, -0.15) is 0 Å². The first-order valence-corrected chi connectivity index (χ1v) is 54.4. The quantitative estimate of drug-likeness (QED) is 0.0105. The molecule has 9 rings (SSSR count). The van der Waals surface area contributed by atoms with Crippen LogP contribution >= 0.6 is 7.82 Å². The first-order valence-electron chi connectivity index (χ1n) is 52.9. The van der Waals surface area contributed by atoms with Crippen molar-refractivity contribution in [1.82, 2.24) is 10.6 Å². The number of hydrogen-bond acceptors (Lipinski definition) is 20. The number of nitrogens with one attached hydrogen (secondary N) is 2. The molecule has 0 radical (unpaired) electrons. The van der Waals surface area contributed by atoms with Gasteiger partial charge in [0.25, 0.3) is 0 Å². The van der Waals surface area contributed by atoms with Crippen LogP contribution < -0.4 is 10.6 Å². The summed E-state index contributed by atoms with van der Waals surface area (Å²) in [5.41, 5.74) is 5.96. The highest BCUT2D eigenvalue weighted by atomic mass is 31.2. The Morgan fingerprint density at radius 2 is 0.672 bits per heavy atom. The molecule has 2 fully saturated rings. The van der Waals surface area contributed by atoms with Crippen LogP contribution in [0, 0.1) is 0 Å². The summed E-state index contributed by atoms with van der Waals surface area (Å²) in [5, 5.41) is 19.9.